The second-order valence-corrected chi connectivity index (χ2v) is 10.5. The Bertz CT molecular complexity index is 461. The van der Waals surface area contributed by atoms with Crippen molar-refractivity contribution >= 4 is 6.03 Å². The van der Waals surface area contributed by atoms with E-state index in [4.69, 9.17) is 0 Å². The summed E-state index contributed by atoms with van der Waals surface area (Å²) in [6.45, 7) is 8.07. The van der Waals surface area contributed by atoms with E-state index in [2.05, 4.69) is 31.4 Å². The molecule has 0 heterocycles. The lowest BCUT2D eigenvalue weighted by molar-refractivity contribution is -0.0901. The Morgan fingerprint density at radius 2 is 1.74 bits per heavy atom. The predicted octanol–water partition coefficient (Wildman–Crippen LogP) is 4.33. The van der Waals surface area contributed by atoms with Crippen LogP contribution in [0.2, 0.25) is 0 Å². The van der Waals surface area contributed by atoms with Crippen LogP contribution in [-0.2, 0) is 0 Å². The molecule has 130 valence electrons. The van der Waals surface area contributed by atoms with Gasteiger partial charge in [-0.25, -0.2) is 4.79 Å². The molecule has 3 nitrogen and oxygen atoms in total. The minimum Gasteiger partial charge on any atom is -0.338 e. The fraction of sp³-hybridized carbons (Fsp3) is 0.950. The number of carbonyl (C=O) groups is 1. The second kappa shape index (κ2) is 5.39. The summed E-state index contributed by atoms with van der Waals surface area (Å²) in [5.74, 6) is 3.15. The van der Waals surface area contributed by atoms with Crippen molar-refractivity contribution in [3.05, 3.63) is 0 Å². The summed E-state index contributed by atoms with van der Waals surface area (Å²) in [5.41, 5.74) is 1.01. The quantitative estimate of drug-likeness (QED) is 0.796. The Hall–Kier alpha value is -0.730. The van der Waals surface area contributed by atoms with E-state index in [1.165, 1.54) is 51.4 Å². The zero-order valence-electron chi connectivity index (χ0n) is 15.2. The average molecular weight is 319 g/mol. The van der Waals surface area contributed by atoms with Crippen molar-refractivity contribution in [2.24, 2.45) is 34.5 Å². The highest BCUT2D eigenvalue weighted by molar-refractivity contribution is 5.74. The molecule has 0 spiro atoms. The fourth-order valence-electron chi connectivity index (χ4n) is 6.53. The number of carbonyl (C=O) groups excluding carboxylic acids is 1. The maximum absolute atomic E-state index is 12.3. The van der Waals surface area contributed by atoms with Crippen molar-refractivity contribution in [1.82, 2.24) is 10.6 Å². The number of hydrogen-bond acceptors (Lipinski definition) is 1. The van der Waals surface area contributed by atoms with Crippen LogP contribution in [0.5, 0.6) is 0 Å². The Kier molecular flexibility index (Phi) is 3.70. The minimum atomic E-state index is 0.0965. The van der Waals surface area contributed by atoms with E-state index >= 15 is 0 Å². The first-order valence-electron chi connectivity index (χ1n) is 9.86. The van der Waals surface area contributed by atoms with Crippen molar-refractivity contribution in [3.63, 3.8) is 0 Å². The summed E-state index contributed by atoms with van der Waals surface area (Å²) < 4.78 is 0. The van der Waals surface area contributed by atoms with Gasteiger partial charge in [0, 0.05) is 12.6 Å². The van der Waals surface area contributed by atoms with Gasteiger partial charge in [0.15, 0.2) is 0 Å². The van der Waals surface area contributed by atoms with Gasteiger partial charge >= 0.3 is 6.03 Å². The van der Waals surface area contributed by atoms with Crippen LogP contribution in [0.25, 0.3) is 0 Å². The second-order valence-electron chi connectivity index (χ2n) is 10.5. The Labute approximate surface area is 141 Å². The van der Waals surface area contributed by atoms with Gasteiger partial charge in [-0.15, -0.1) is 0 Å². The van der Waals surface area contributed by atoms with Gasteiger partial charge < -0.3 is 10.6 Å². The van der Waals surface area contributed by atoms with Gasteiger partial charge in [0.2, 0.25) is 0 Å². The van der Waals surface area contributed by atoms with Crippen molar-refractivity contribution in [2.75, 3.05) is 6.54 Å². The third kappa shape index (κ3) is 3.39. The molecule has 2 atom stereocenters. The van der Waals surface area contributed by atoms with E-state index in [0.29, 0.717) is 16.9 Å². The highest BCUT2D eigenvalue weighted by Crippen LogP contribution is 2.63. The summed E-state index contributed by atoms with van der Waals surface area (Å²) in [5, 5.41) is 6.48. The maximum atomic E-state index is 12.3. The lowest BCUT2D eigenvalue weighted by Gasteiger charge is -2.61. The molecule has 2 unspecified atom stereocenters. The van der Waals surface area contributed by atoms with E-state index in [0.717, 1.165) is 30.2 Å². The monoisotopic (exact) mass is 318 g/mol. The molecule has 2 amide bonds. The number of hydrogen-bond donors (Lipinski definition) is 2. The van der Waals surface area contributed by atoms with Crippen molar-refractivity contribution in [3.8, 4) is 0 Å². The molecule has 5 aliphatic rings. The van der Waals surface area contributed by atoms with Gasteiger partial charge in [0.25, 0.3) is 0 Å². The number of urea groups is 1. The average Bonchev–Trinajstić information content (AvgIpc) is 3.21. The highest BCUT2D eigenvalue weighted by Gasteiger charge is 2.56. The van der Waals surface area contributed by atoms with E-state index in [9.17, 15) is 4.79 Å². The Balaban J connectivity index is 1.39. The predicted molar refractivity (Wildman–Crippen MR) is 93.1 cm³/mol. The van der Waals surface area contributed by atoms with Gasteiger partial charge in [0.05, 0.1) is 0 Å². The van der Waals surface area contributed by atoms with E-state index in [-0.39, 0.29) is 6.03 Å². The first-order chi connectivity index (χ1) is 10.8. The van der Waals surface area contributed by atoms with Crippen LogP contribution in [0.1, 0.15) is 72.1 Å². The number of nitrogens with one attached hydrogen (secondary N) is 2. The standard InChI is InChI=1S/C20H34N2O/c1-19(2,3)12-20-8-14-6-15(9-20)17(16(7-14)10-20)22-18(23)21-11-13-4-5-13/h13-17H,4-12H2,1-3H3,(H2,21,22,23). The topological polar surface area (TPSA) is 41.1 Å². The molecule has 2 N–H and O–H groups in total. The Morgan fingerprint density at radius 3 is 2.30 bits per heavy atom. The summed E-state index contributed by atoms with van der Waals surface area (Å²) in [6.07, 6.45) is 10.8. The van der Waals surface area contributed by atoms with Crippen molar-refractivity contribution < 1.29 is 4.79 Å². The van der Waals surface area contributed by atoms with Crippen LogP contribution in [0.4, 0.5) is 4.79 Å². The molecule has 0 radical (unpaired) electrons. The molecule has 5 aliphatic carbocycles. The zero-order valence-corrected chi connectivity index (χ0v) is 15.2. The zero-order chi connectivity index (χ0) is 16.2. The first-order valence-corrected chi connectivity index (χ1v) is 9.86. The van der Waals surface area contributed by atoms with Crippen LogP contribution >= 0.6 is 0 Å². The number of amides is 2. The molecular formula is C20H34N2O. The van der Waals surface area contributed by atoms with Crippen LogP contribution in [0, 0.1) is 34.5 Å². The summed E-state index contributed by atoms with van der Waals surface area (Å²) in [6, 6.07) is 0.540. The molecule has 23 heavy (non-hydrogen) atoms. The molecule has 4 bridgehead atoms. The molecule has 0 aromatic carbocycles. The molecule has 0 saturated heterocycles. The SMILES string of the molecule is CC(C)(C)CC12CC3CC(C1)C(NC(=O)NCC1CC1)C(C3)C2. The van der Waals surface area contributed by atoms with Crippen molar-refractivity contribution in [2.45, 2.75) is 78.2 Å². The van der Waals surface area contributed by atoms with Gasteiger partial charge in [-0.3, -0.25) is 0 Å². The Morgan fingerprint density at radius 1 is 1.09 bits per heavy atom. The lowest BCUT2D eigenvalue weighted by Crippen LogP contribution is -2.60. The summed E-state index contributed by atoms with van der Waals surface area (Å²) >= 11 is 0. The minimum absolute atomic E-state index is 0.0965. The van der Waals surface area contributed by atoms with Crippen LogP contribution in [-0.4, -0.2) is 18.6 Å². The third-order valence-corrected chi connectivity index (χ3v) is 6.85. The van der Waals surface area contributed by atoms with E-state index in [1.807, 2.05) is 0 Å². The largest absolute Gasteiger partial charge is 0.338 e. The smallest absolute Gasteiger partial charge is 0.315 e. The van der Waals surface area contributed by atoms with Crippen LogP contribution in [0.15, 0.2) is 0 Å². The first kappa shape index (κ1) is 15.8. The summed E-state index contributed by atoms with van der Waals surface area (Å²) in [7, 11) is 0. The van der Waals surface area contributed by atoms with E-state index < -0.39 is 0 Å². The van der Waals surface area contributed by atoms with Crippen LogP contribution < -0.4 is 10.6 Å². The molecule has 5 fully saturated rings. The third-order valence-electron chi connectivity index (χ3n) is 6.85. The number of rotatable bonds is 4. The van der Waals surface area contributed by atoms with Gasteiger partial charge in [0.1, 0.15) is 0 Å². The highest BCUT2D eigenvalue weighted by atomic mass is 16.2. The molecule has 5 saturated carbocycles. The van der Waals surface area contributed by atoms with Crippen LogP contribution in [0.3, 0.4) is 0 Å². The maximum Gasteiger partial charge on any atom is 0.315 e. The molecule has 3 heteroatoms. The summed E-state index contributed by atoms with van der Waals surface area (Å²) in [4.78, 5) is 12.3. The lowest BCUT2D eigenvalue weighted by atomic mass is 9.46. The normalized spacial score (nSPS) is 41.9. The van der Waals surface area contributed by atoms with E-state index in [1.54, 1.807) is 0 Å². The molecule has 5 rings (SSSR count). The van der Waals surface area contributed by atoms with Gasteiger partial charge in [-0.05, 0) is 85.9 Å². The molecule has 0 aromatic heterocycles. The molecule has 0 aliphatic heterocycles. The molecule has 0 aromatic rings. The van der Waals surface area contributed by atoms with Gasteiger partial charge in [-0.1, -0.05) is 20.8 Å². The van der Waals surface area contributed by atoms with Crippen molar-refractivity contribution in [1.29, 1.82) is 0 Å². The van der Waals surface area contributed by atoms with Gasteiger partial charge in [-0.2, -0.15) is 0 Å². The molecular weight excluding hydrogens is 284 g/mol. The fourth-order valence-corrected chi connectivity index (χ4v) is 6.53.